The summed E-state index contributed by atoms with van der Waals surface area (Å²) in [5.74, 6) is -0.591. The van der Waals surface area contributed by atoms with Crippen molar-refractivity contribution in [3.05, 3.63) is 53.6 Å². The number of hydrogen-bond donors (Lipinski definition) is 3. The zero-order chi connectivity index (χ0) is 24.6. The van der Waals surface area contributed by atoms with E-state index in [0.717, 1.165) is 11.3 Å². The lowest BCUT2D eigenvalue weighted by Gasteiger charge is -2.41. The van der Waals surface area contributed by atoms with Crippen LogP contribution in [0.15, 0.2) is 42.5 Å². The number of aromatic nitrogens is 3. The summed E-state index contributed by atoms with van der Waals surface area (Å²) in [5.41, 5.74) is 2.28. The van der Waals surface area contributed by atoms with Crippen LogP contribution < -0.4 is 10.6 Å². The minimum absolute atomic E-state index is 0.0222. The Labute approximate surface area is 201 Å². The quantitative estimate of drug-likeness (QED) is 0.495. The zero-order valence-corrected chi connectivity index (χ0v) is 19.6. The molecule has 182 valence electrons. The maximum atomic E-state index is 13.2. The van der Waals surface area contributed by atoms with Crippen molar-refractivity contribution in [1.29, 1.82) is 0 Å². The first-order valence-corrected chi connectivity index (χ1v) is 11.5. The van der Waals surface area contributed by atoms with E-state index in [1.807, 2.05) is 29.2 Å². The van der Waals surface area contributed by atoms with Gasteiger partial charge in [-0.2, -0.15) is 15.4 Å². The van der Waals surface area contributed by atoms with Crippen molar-refractivity contribution in [3.8, 4) is 0 Å². The number of para-hydroxylation sites is 1. The predicted octanol–water partition coefficient (Wildman–Crippen LogP) is 2.57. The van der Waals surface area contributed by atoms with E-state index in [-0.39, 0.29) is 18.1 Å². The molecule has 1 atom stereocenters. The predicted molar refractivity (Wildman–Crippen MR) is 127 cm³/mol. The second-order valence-electron chi connectivity index (χ2n) is 9.01. The first-order chi connectivity index (χ1) is 16.9. The second-order valence-corrected chi connectivity index (χ2v) is 9.01. The first kappa shape index (κ1) is 22.6. The van der Waals surface area contributed by atoms with E-state index in [1.165, 1.54) is 7.11 Å². The number of H-pyrrole nitrogens is 1. The Bertz CT molecular complexity index is 1280. The molecule has 3 heterocycles. The van der Waals surface area contributed by atoms with Crippen LogP contribution in [0, 0.1) is 0 Å². The number of amides is 4. The molecule has 1 unspecified atom stereocenters. The number of carbonyl (C=O) groups is 3. The third kappa shape index (κ3) is 4.13. The Balaban J connectivity index is 1.27. The summed E-state index contributed by atoms with van der Waals surface area (Å²) in [6, 6.07) is 12.5. The maximum Gasteiger partial charge on any atom is 0.336 e. The van der Waals surface area contributed by atoms with Crippen LogP contribution in [0.3, 0.4) is 0 Å². The van der Waals surface area contributed by atoms with Crippen molar-refractivity contribution >= 4 is 34.8 Å². The fourth-order valence-electron chi connectivity index (χ4n) is 4.79. The minimum Gasteiger partial charge on any atom is -0.467 e. The molecule has 0 aliphatic carbocycles. The molecule has 4 amide bonds. The number of rotatable bonds is 4. The number of esters is 1. The number of aromatic amines is 1. The van der Waals surface area contributed by atoms with Crippen LogP contribution in [-0.4, -0.2) is 69.5 Å². The number of piperidine rings is 1. The Morgan fingerprint density at radius 3 is 2.63 bits per heavy atom. The summed E-state index contributed by atoms with van der Waals surface area (Å²) in [7, 11) is 1.29. The molecule has 11 nitrogen and oxygen atoms in total. The molecule has 2 aliphatic heterocycles. The number of benzene rings is 2. The molecule has 0 radical (unpaired) electrons. The topological polar surface area (TPSA) is 133 Å². The first-order valence-electron chi connectivity index (χ1n) is 11.5. The van der Waals surface area contributed by atoms with Gasteiger partial charge in [-0.05, 0) is 49.1 Å². The van der Waals surface area contributed by atoms with Crippen LogP contribution in [0.4, 0.5) is 15.3 Å². The summed E-state index contributed by atoms with van der Waals surface area (Å²) < 4.78 is 5.02. The third-order valence-electron chi connectivity index (χ3n) is 6.90. The van der Waals surface area contributed by atoms with Gasteiger partial charge in [-0.25, -0.2) is 14.4 Å². The number of hydrogen-bond acceptors (Lipinski definition) is 6. The van der Waals surface area contributed by atoms with Gasteiger partial charge in [-0.3, -0.25) is 0 Å². The zero-order valence-electron chi connectivity index (χ0n) is 19.6. The Morgan fingerprint density at radius 1 is 1.11 bits per heavy atom. The van der Waals surface area contributed by atoms with Gasteiger partial charge in [0.25, 0.3) is 0 Å². The summed E-state index contributed by atoms with van der Waals surface area (Å²) in [6.45, 7) is 3.08. The Morgan fingerprint density at radius 2 is 1.86 bits per heavy atom. The lowest BCUT2D eigenvalue weighted by atomic mass is 9.91. The number of fused-ring (bicyclic) bond motifs is 2. The summed E-state index contributed by atoms with van der Waals surface area (Å²) in [6.07, 6.45) is 1.28. The Hall–Kier alpha value is -4.15. The number of nitrogens with one attached hydrogen (secondary N) is 3. The standard InChI is InChI=1S/C24H27N7O4/c1-24(21(32)35-2,16-7-8-19-20(13-16)28-29-27-19)26-23(34)30-11-9-17(10-12-30)31-14-15-5-3-4-6-18(15)25-22(31)33/h3-8,13,17H,9-12,14H2,1-2H3,(H,25,33)(H,26,34)(H,27,28,29). The van der Waals surface area contributed by atoms with Gasteiger partial charge in [0.15, 0.2) is 5.54 Å². The summed E-state index contributed by atoms with van der Waals surface area (Å²) in [5, 5.41) is 16.5. The molecule has 3 aromatic rings. The molecule has 35 heavy (non-hydrogen) atoms. The summed E-state index contributed by atoms with van der Waals surface area (Å²) in [4.78, 5) is 42.1. The number of ether oxygens (including phenoxy) is 1. The molecule has 3 N–H and O–H groups in total. The average molecular weight is 478 g/mol. The van der Waals surface area contributed by atoms with E-state index in [2.05, 4.69) is 26.0 Å². The maximum absolute atomic E-state index is 13.2. The number of carbonyl (C=O) groups excluding carboxylic acids is 3. The molecule has 5 rings (SSSR count). The highest BCUT2D eigenvalue weighted by Gasteiger charge is 2.40. The lowest BCUT2D eigenvalue weighted by molar-refractivity contribution is -0.148. The molecule has 0 bridgehead atoms. The van der Waals surface area contributed by atoms with Crippen molar-refractivity contribution in [2.75, 3.05) is 25.5 Å². The van der Waals surface area contributed by atoms with Gasteiger partial charge in [0.1, 0.15) is 11.0 Å². The molecule has 0 saturated carbocycles. The monoisotopic (exact) mass is 477 g/mol. The van der Waals surface area contributed by atoms with Gasteiger partial charge >= 0.3 is 18.0 Å². The lowest BCUT2D eigenvalue weighted by Crippen LogP contribution is -2.57. The molecule has 1 fully saturated rings. The molecule has 2 aliphatic rings. The third-order valence-corrected chi connectivity index (χ3v) is 6.90. The van der Waals surface area contributed by atoms with Gasteiger partial charge in [0, 0.05) is 31.4 Å². The number of methoxy groups -OCH3 is 1. The largest absolute Gasteiger partial charge is 0.467 e. The van der Waals surface area contributed by atoms with Gasteiger partial charge in [-0.1, -0.05) is 24.3 Å². The van der Waals surface area contributed by atoms with Crippen LogP contribution >= 0.6 is 0 Å². The van der Waals surface area contributed by atoms with E-state index < -0.39 is 11.5 Å². The normalized spacial score (nSPS) is 17.9. The van der Waals surface area contributed by atoms with Gasteiger partial charge in [0.2, 0.25) is 0 Å². The second kappa shape index (κ2) is 8.90. The number of nitrogens with zero attached hydrogens (tertiary/aromatic N) is 4. The summed E-state index contributed by atoms with van der Waals surface area (Å²) >= 11 is 0. The highest BCUT2D eigenvalue weighted by molar-refractivity contribution is 5.92. The minimum atomic E-state index is -1.41. The number of urea groups is 2. The van der Waals surface area contributed by atoms with Crippen LogP contribution in [0.2, 0.25) is 0 Å². The van der Waals surface area contributed by atoms with Crippen LogP contribution in [0.5, 0.6) is 0 Å². The van der Waals surface area contributed by atoms with Crippen molar-refractivity contribution in [3.63, 3.8) is 0 Å². The smallest absolute Gasteiger partial charge is 0.336 e. The molecule has 0 spiro atoms. The fourth-order valence-corrected chi connectivity index (χ4v) is 4.79. The number of likely N-dealkylation sites (tertiary alicyclic amines) is 1. The number of anilines is 1. The van der Waals surface area contributed by atoms with E-state index >= 15 is 0 Å². The molecular weight excluding hydrogens is 450 g/mol. The van der Waals surface area contributed by atoms with Crippen molar-refractivity contribution in [1.82, 2.24) is 30.5 Å². The van der Waals surface area contributed by atoms with Crippen molar-refractivity contribution in [2.45, 2.75) is 37.9 Å². The van der Waals surface area contributed by atoms with Gasteiger partial charge < -0.3 is 25.2 Å². The van der Waals surface area contributed by atoms with Gasteiger partial charge in [0.05, 0.1) is 7.11 Å². The molecule has 11 heteroatoms. The molecule has 2 aromatic carbocycles. The molecule has 1 saturated heterocycles. The fraction of sp³-hybridized carbons (Fsp3) is 0.375. The molecule has 1 aromatic heterocycles. The van der Waals surface area contributed by atoms with E-state index in [1.54, 1.807) is 30.0 Å². The van der Waals surface area contributed by atoms with E-state index in [0.29, 0.717) is 49.1 Å². The van der Waals surface area contributed by atoms with Crippen LogP contribution in [-0.2, 0) is 21.6 Å². The van der Waals surface area contributed by atoms with Crippen molar-refractivity contribution < 1.29 is 19.1 Å². The van der Waals surface area contributed by atoms with Gasteiger partial charge in [-0.15, -0.1) is 0 Å². The average Bonchev–Trinajstić information content (AvgIpc) is 3.36. The van der Waals surface area contributed by atoms with Crippen molar-refractivity contribution in [2.24, 2.45) is 0 Å². The highest BCUT2D eigenvalue weighted by Crippen LogP contribution is 2.29. The Kier molecular flexibility index (Phi) is 5.75. The van der Waals surface area contributed by atoms with Crippen LogP contribution in [0.25, 0.3) is 11.0 Å². The van der Waals surface area contributed by atoms with E-state index in [4.69, 9.17) is 4.74 Å². The molecular formula is C24H27N7O4. The van der Waals surface area contributed by atoms with E-state index in [9.17, 15) is 14.4 Å². The van der Waals surface area contributed by atoms with Crippen LogP contribution in [0.1, 0.15) is 30.9 Å². The SMILES string of the molecule is COC(=O)C(C)(NC(=O)N1CCC(N2Cc3ccccc3NC2=O)CC1)c1ccc2n[nH]nc2c1. The highest BCUT2D eigenvalue weighted by atomic mass is 16.5.